The zero-order valence-electron chi connectivity index (χ0n) is 20.2. The van der Waals surface area contributed by atoms with Crippen LogP contribution in [0.4, 0.5) is 8.78 Å². The standard InChI is InChI=1S/C28H28F2N2O4/c1-17(2)12-25(21-10-11-31-18(3)13-21)32-28(35)23-14-19(4-5-20(23)6-9-27(33)34)16-36-26-15-22(29)7-8-24(26)30/h4-5,7-8,10-11,13-15,25H,1,6,9,12,16H2,2-3H3,(H,32,35)(H,33,34)/t25-/m1/s1. The molecule has 0 fully saturated rings. The van der Waals surface area contributed by atoms with Crippen LogP contribution in [0.25, 0.3) is 0 Å². The lowest BCUT2D eigenvalue weighted by molar-refractivity contribution is -0.136. The topological polar surface area (TPSA) is 88.5 Å². The zero-order valence-corrected chi connectivity index (χ0v) is 20.2. The van der Waals surface area contributed by atoms with Gasteiger partial charge >= 0.3 is 5.97 Å². The third-order valence-corrected chi connectivity index (χ3v) is 5.50. The van der Waals surface area contributed by atoms with E-state index >= 15 is 0 Å². The normalized spacial score (nSPS) is 11.6. The summed E-state index contributed by atoms with van der Waals surface area (Å²) in [6.45, 7) is 7.58. The summed E-state index contributed by atoms with van der Waals surface area (Å²) in [5, 5.41) is 12.2. The molecule has 0 radical (unpaired) electrons. The second kappa shape index (κ2) is 12.1. The Morgan fingerprint density at radius 3 is 2.61 bits per heavy atom. The van der Waals surface area contributed by atoms with E-state index in [-0.39, 0.29) is 36.8 Å². The second-order valence-electron chi connectivity index (χ2n) is 8.67. The molecular formula is C28H28F2N2O4. The van der Waals surface area contributed by atoms with Gasteiger partial charge in [0.2, 0.25) is 0 Å². The molecule has 1 heterocycles. The summed E-state index contributed by atoms with van der Waals surface area (Å²) in [5.74, 6) is -2.96. The first-order valence-corrected chi connectivity index (χ1v) is 11.4. The van der Waals surface area contributed by atoms with Gasteiger partial charge in [0.25, 0.3) is 5.91 Å². The Morgan fingerprint density at radius 1 is 1.14 bits per heavy atom. The van der Waals surface area contributed by atoms with Crippen LogP contribution in [-0.2, 0) is 17.8 Å². The van der Waals surface area contributed by atoms with E-state index in [4.69, 9.17) is 9.84 Å². The van der Waals surface area contributed by atoms with Crippen molar-refractivity contribution >= 4 is 11.9 Å². The van der Waals surface area contributed by atoms with Gasteiger partial charge in [0, 0.05) is 29.9 Å². The molecule has 0 aliphatic rings. The molecule has 0 spiro atoms. The molecular weight excluding hydrogens is 466 g/mol. The van der Waals surface area contributed by atoms with Crippen LogP contribution in [0.15, 0.2) is 66.9 Å². The molecule has 2 aromatic carbocycles. The predicted octanol–water partition coefficient (Wildman–Crippen LogP) is 5.70. The highest BCUT2D eigenvalue weighted by Crippen LogP contribution is 2.24. The quantitative estimate of drug-likeness (QED) is 0.334. The summed E-state index contributed by atoms with van der Waals surface area (Å²) in [7, 11) is 0. The number of hydrogen-bond donors (Lipinski definition) is 2. The van der Waals surface area contributed by atoms with E-state index in [9.17, 15) is 18.4 Å². The fourth-order valence-electron chi connectivity index (χ4n) is 3.75. The summed E-state index contributed by atoms with van der Waals surface area (Å²) in [5.41, 5.74) is 3.93. The molecule has 188 valence electrons. The lowest BCUT2D eigenvalue weighted by atomic mass is 9.97. The number of aryl methyl sites for hydroxylation is 2. The first-order chi connectivity index (χ1) is 17.1. The van der Waals surface area contributed by atoms with Gasteiger partial charge < -0.3 is 15.2 Å². The third kappa shape index (κ3) is 7.46. The molecule has 0 aliphatic heterocycles. The highest BCUT2D eigenvalue weighted by Gasteiger charge is 2.20. The van der Waals surface area contributed by atoms with Gasteiger partial charge in [0.1, 0.15) is 12.4 Å². The van der Waals surface area contributed by atoms with Crippen molar-refractivity contribution in [3.63, 3.8) is 0 Å². The number of nitrogens with one attached hydrogen (secondary N) is 1. The maximum absolute atomic E-state index is 13.9. The number of benzene rings is 2. The van der Waals surface area contributed by atoms with Crippen LogP contribution in [0.5, 0.6) is 5.75 Å². The molecule has 6 nitrogen and oxygen atoms in total. The molecule has 1 aromatic heterocycles. The number of pyridine rings is 1. The van der Waals surface area contributed by atoms with Gasteiger partial charge in [0.05, 0.1) is 6.04 Å². The monoisotopic (exact) mass is 494 g/mol. The minimum absolute atomic E-state index is 0.112. The Bertz CT molecular complexity index is 1280. The summed E-state index contributed by atoms with van der Waals surface area (Å²) in [6, 6.07) is 11.2. The molecule has 1 atom stereocenters. The number of carboxylic acids is 1. The highest BCUT2D eigenvalue weighted by atomic mass is 19.1. The molecule has 0 unspecified atom stereocenters. The Morgan fingerprint density at radius 2 is 1.92 bits per heavy atom. The molecule has 0 bridgehead atoms. The summed E-state index contributed by atoms with van der Waals surface area (Å²) < 4.78 is 32.8. The van der Waals surface area contributed by atoms with E-state index in [2.05, 4.69) is 16.9 Å². The van der Waals surface area contributed by atoms with Gasteiger partial charge in [-0.3, -0.25) is 14.6 Å². The summed E-state index contributed by atoms with van der Waals surface area (Å²) in [4.78, 5) is 28.8. The highest BCUT2D eigenvalue weighted by molar-refractivity contribution is 5.96. The number of amides is 1. The number of rotatable bonds is 11. The van der Waals surface area contributed by atoms with Crippen molar-refractivity contribution in [1.82, 2.24) is 10.3 Å². The molecule has 1 amide bonds. The van der Waals surface area contributed by atoms with E-state index in [0.29, 0.717) is 17.5 Å². The Balaban J connectivity index is 1.88. The number of carbonyl (C=O) groups is 2. The first-order valence-electron chi connectivity index (χ1n) is 11.4. The average Bonchev–Trinajstić information content (AvgIpc) is 2.82. The number of hydrogen-bond acceptors (Lipinski definition) is 4. The van der Waals surface area contributed by atoms with Crippen molar-refractivity contribution in [2.24, 2.45) is 0 Å². The van der Waals surface area contributed by atoms with Gasteiger partial charge in [-0.15, -0.1) is 6.58 Å². The fraction of sp³-hybridized carbons (Fsp3) is 0.250. The average molecular weight is 495 g/mol. The maximum Gasteiger partial charge on any atom is 0.303 e. The summed E-state index contributed by atoms with van der Waals surface area (Å²) >= 11 is 0. The zero-order chi connectivity index (χ0) is 26.2. The molecule has 2 N–H and O–H groups in total. The van der Waals surface area contributed by atoms with E-state index < -0.39 is 23.5 Å². The van der Waals surface area contributed by atoms with E-state index in [1.165, 1.54) is 0 Å². The molecule has 0 saturated heterocycles. The largest absolute Gasteiger partial charge is 0.486 e. The third-order valence-electron chi connectivity index (χ3n) is 5.50. The van der Waals surface area contributed by atoms with E-state index in [0.717, 1.165) is 35.0 Å². The number of aromatic nitrogens is 1. The number of halogens is 2. The molecule has 36 heavy (non-hydrogen) atoms. The molecule has 0 aliphatic carbocycles. The van der Waals surface area contributed by atoms with Crippen molar-refractivity contribution < 1.29 is 28.2 Å². The fourth-order valence-corrected chi connectivity index (χ4v) is 3.75. The SMILES string of the molecule is C=C(C)C[C@@H](NC(=O)c1cc(COc2cc(F)ccc2F)ccc1CCC(=O)O)c1ccnc(C)c1. The molecule has 3 aromatic rings. The van der Waals surface area contributed by atoms with Crippen molar-refractivity contribution in [3.05, 3.63) is 106 Å². The van der Waals surface area contributed by atoms with Crippen LogP contribution < -0.4 is 10.1 Å². The van der Waals surface area contributed by atoms with Crippen LogP contribution in [0.3, 0.4) is 0 Å². The van der Waals surface area contributed by atoms with Crippen molar-refractivity contribution in [1.29, 1.82) is 0 Å². The number of nitrogens with zero attached hydrogens (tertiary/aromatic N) is 1. The van der Waals surface area contributed by atoms with Gasteiger partial charge in [0.15, 0.2) is 11.6 Å². The summed E-state index contributed by atoms with van der Waals surface area (Å²) in [6.07, 6.45) is 2.17. The van der Waals surface area contributed by atoms with Gasteiger partial charge in [-0.2, -0.15) is 0 Å². The number of aliphatic carboxylic acids is 1. The van der Waals surface area contributed by atoms with Crippen molar-refractivity contribution in [2.45, 2.75) is 45.8 Å². The van der Waals surface area contributed by atoms with Gasteiger partial charge in [-0.1, -0.05) is 17.7 Å². The number of carboxylic acid groups (broad SMARTS) is 1. The number of ether oxygens (including phenoxy) is 1. The van der Waals surface area contributed by atoms with E-state index in [1.54, 1.807) is 24.4 Å². The lowest BCUT2D eigenvalue weighted by Gasteiger charge is -2.21. The second-order valence-corrected chi connectivity index (χ2v) is 8.67. The minimum atomic E-state index is -0.984. The van der Waals surface area contributed by atoms with Crippen molar-refractivity contribution in [2.75, 3.05) is 0 Å². The molecule has 8 heteroatoms. The Hall–Kier alpha value is -4.07. The first kappa shape index (κ1) is 26.5. The molecule has 0 saturated carbocycles. The minimum Gasteiger partial charge on any atom is -0.486 e. The molecule has 3 rings (SSSR count). The van der Waals surface area contributed by atoms with Gasteiger partial charge in [-0.05, 0) is 73.7 Å². The smallest absolute Gasteiger partial charge is 0.303 e. The lowest BCUT2D eigenvalue weighted by Crippen LogP contribution is -2.30. The maximum atomic E-state index is 13.9. The van der Waals surface area contributed by atoms with Crippen LogP contribution in [0.1, 0.15) is 58.5 Å². The van der Waals surface area contributed by atoms with Crippen LogP contribution in [-0.4, -0.2) is 22.0 Å². The van der Waals surface area contributed by atoms with Crippen LogP contribution in [0, 0.1) is 18.6 Å². The number of carbonyl (C=O) groups excluding carboxylic acids is 1. The predicted molar refractivity (Wildman–Crippen MR) is 132 cm³/mol. The Labute approximate surface area is 208 Å². The van der Waals surface area contributed by atoms with Gasteiger partial charge in [-0.25, -0.2) is 8.78 Å². The Kier molecular flexibility index (Phi) is 8.89. The van der Waals surface area contributed by atoms with Crippen LogP contribution >= 0.6 is 0 Å². The van der Waals surface area contributed by atoms with Crippen molar-refractivity contribution in [3.8, 4) is 5.75 Å². The van der Waals surface area contributed by atoms with E-state index in [1.807, 2.05) is 26.0 Å². The van der Waals surface area contributed by atoms with Crippen LogP contribution in [0.2, 0.25) is 0 Å².